The van der Waals surface area contributed by atoms with E-state index in [2.05, 4.69) is 46.8 Å². The fourth-order valence-corrected chi connectivity index (χ4v) is 8.01. The number of allylic oxidation sites excluding steroid dienone is 2. The van der Waals surface area contributed by atoms with Gasteiger partial charge in [0.05, 0.1) is 0 Å². The van der Waals surface area contributed by atoms with Gasteiger partial charge in [-0.1, -0.05) is 60.0 Å². The minimum absolute atomic E-state index is 0.375. The first-order valence-corrected chi connectivity index (χ1v) is 12.1. The Labute approximate surface area is 168 Å². The van der Waals surface area contributed by atoms with Gasteiger partial charge in [0, 0.05) is 17.7 Å². The molecule has 1 nitrogen and oxygen atoms in total. The van der Waals surface area contributed by atoms with E-state index < -0.39 is 0 Å². The van der Waals surface area contributed by atoms with Gasteiger partial charge in [0.15, 0.2) is 0 Å². The molecule has 1 heteroatoms. The Morgan fingerprint density at radius 1 is 1.04 bits per heavy atom. The maximum atomic E-state index is 4.94. The first kappa shape index (κ1) is 19.7. The molecular weight excluding hydrogens is 326 g/mol. The molecule has 1 heterocycles. The molecule has 3 aliphatic carbocycles. The van der Waals surface area contributed by atoms with Crippen LogP contribution in [0, 0.1) is 46.3 Å². The second-order valence-electron chi connectivity index (χ2n) is 11.5. The lowest BCUT2D eigenvalue weighted by Gasteiger charge is -2.56. The number of nitrogens with zero attached hydrogens (tertiary/aromatic N) is 1. The number of hydrogen-bond donors (Lipinski definition) is 0. The number of aliphatic imine (C=N–C) groups is 1. The highest BCUT2D eigenvalue weighted by molar-refractivity contribution is 6.01. The Hall–Kier alpha value is -0.590. The van der Waals surface area contributed by atoms with E-state index in [1.807, 2.05) is 0 Å². The van der Waals surface area contributed by atoms with Crippen molar-refractivity contribution in [2.75, 3.05) is 6.54 Å². The van der Waals surface area contributed by atoms with Gasteiger partial charge < -0.3 is 0 Å². The molecule has 0 saturated heterocycles. The molecule has 0 radical (unpaired) electrons. The molecule has 4 aliphatic rings. The molecule has 1 aliphatic heterocycles. The van der Waals surface area contributed by atoms with Crippen LogP contribution < -0.4 is 0 Å². The highest BCUT2D eigenvalue weighted by Crippen LogP contribution is 2.65. The monoisotopic (exact) mass is 369 g/mol. The van der Waals surface area contributed by atoms with Crippen molar-refractivity contribution in [2.24, 2.45) is 51.3 Å². The third-order valence-electron chi connectivity index (χ3n) is 9.55. The summed E-state index contributed by atoms with van der Waals surface area (Å²) in [4.78, 5) is 4.94. The minimum Gasteiger partial charge on any atom is -0.289 e. The highest BCUT2D eigenvalue weighted by atomic mass is 14.8. The predicted octanol–water partition coefficient (Wildman–Crippen LogP) is 7.32. The third kappa shape index (κ3) is 3.25. The first-order chi connectivity index (χ1) is 12.9. The topological polar surface area (TPSA) is 12.4 Å². The summed E-state index contributed by atoms with van der Waals surface area (Å²) in [6, 6.07) is 0. The SMILES string of the molecule is CC(C)CCC[C@@H](C)[C@H]1CC[C@H]2[C@@H]3C=CC4=NCCC[C@]4(C)[C@H]3CC[C@]12C. The molecule has 0 aromatic heterocycles. The van der Waals surface area contributed by atoms with Crippen LogP contribution in [0.15, 0.2) is 17.1 Å². The zero-order valence-electron chi connectivity index (χ0n) is 18.6. The minimum atomic E-state index is 0.375. The van der Waals surface area contributed by atoms with Crippen molar-refractivity contribution in [2.45, 2.75) is 92.4 Å². The van der Waals surface area contributed by atoms with E-state index >= 15 is 0 Å². The molecule has 0 N–H and O–H groups in total. The Morgan fingerprint density at radius 2 is 1.85 bits per heavy atom. The van der Waals surface area contributed by atoms with Crippen molar-refractivity contribution in [3.8, 4) is 0 Å². The summed E-state index contributed by atoms with van der Waals surface area (Å²) < 4.78 is 0. The van der Waals surface area contributed by atoms with E-state index in [1.165, 1.54) is 63.5 Å². The van der Waals surface area contributed by atoms with E-state index in [1.54, 1.807) is 0 Å². The second kappa shape index (κ2) is 7.34. The Kier molecular flexibility index (Phi) is 5.36. The molecule has 0 bridgehead atoms. The lowest BCUT2D eigenvalue weighted by Crippen LogP contribution is -2.51. The van der Waals surface area contributed by atoms with Crippen LogP contribution >= 0.6 is 0 Å². The van der Waals surface area contributed by atoms with Gasteiger partial charge in [-0.2, -0.15) is 0 Å². The Bertz CT molecular complexity index is 601. The fourth-order valence-electron chi connectivity index (χ4n) is 8.01. The zero-order chi connectivity index (χ0) is 19.2. The van der Waals surface area contributed by atoms with Gasteiger partial charge in [-0.05, 0) is 85.5 Å². The Morgan fingerprint density at radius 3 is 2.63 bits per heavy atom. The van der Waals surface area contributed by atoms with Crippen molar-refractivity contribution in [3.05, 3.63) is 12.2 Å². The van der Waals surface area contributed by atoms with Crippen LogP contribution in [0.1, 0.15) is 92.4 Å². The molecule has 4 rings (SSSR count). The van der Waals surface area contributed by atoms with Crippen LogP contribution in [0.25, 0.3) is 0 Å². The highest BCUT2D eigenvalue weighted by Gasteiger charge is 2.58. The molecule has 152 valence electrons. The lowest BCUT2D eigenvalue weighted by atomic mass is 9.49. The molecule has 0 aromatic carbocycles. The normalized spacial score (nSPS) is 44.4. The van der Waals surface area contributed by atoms with Crippen LogP contribution in [0.3, 0.4) is 0 Å². The van der Waals surface area contributed by atoms with Crippen molar-refractivity contribution < 1.29 is 0 Å². The van der Waals surface area contributed by atoms with Crippen LogP contribution in [0.5, 0.6) is 0 Å². The first-order valence-electron chi connectivity index (χ1n) is 12.1. The van der Waals surface area contributed by atoms with Gasteiger partial charge >= 0.3 is 0 Å². The average molecular weight is 370 g/mol. The largest absolute Gasteiger partial charge is 0.289 e. The van der Waals surface area contributed by atoms with Crippen molar-refractivity contribution >= 4 is 5.71 Å². The van der Waals surface area contributed by atoms with Gasteiger partial charge in [0.25, 0.3) is 0 Å². The van der Waals surface area contributed by atoms with Gasteiger partial charge in [-0.3, -0.25) is 4.99 Å². The third-order valence-corrected chi connectivity index (χ3v) is 9.55. The quantitative estimate of drug-likeness (QED) is 0.481. The average Bonchev–Trinajstić information content (AvgIpc) is 2.98. The molecule has 0 aromatic rings. The summed E-state index contributed by atoms with van der Waals surface area (Å²) >= 11 is 0. The van der Waals surface area contributed by atoms with E-state index in [9.17, 15) is 0 Å². The van der Waals surface area contributed by atoms with Gasteiger partial charge in [-0.25, -0.2) is 0 Å². The van der Waals surface area contributed by atoms with Crippen LogP contribution in [-0.2, 0) is 0 Å². The summed E-state index contributed by atoms with van der Waals surface area (Å²) in [5.74, 6) is 5.32. The smallest absolute Gasteiger partial charge is 0.0407 e. The van der Waals surface area contributed by atoms with Gasteiger partial charge in [0.1, 0.15) is 0 Å². The van der Waals surface area contributed by atoms with Crippen LogP contribution in [0.2, 0.25) is 0 Å². The summed E-state index contributed by atoms with van der Waals surface area (Å²) in [5, 5.41) is 0. The molecule has 0 unspecified atom stereocenters. The van der Waals surface area contributed by atoms with E-state index in [0.717, 1.165) is 42.1 Å². The van der Waals surface area contributed by atoms with E-state index in [0.29, 0.717) is 10.8 Å². The zero-order valence-corrected chi connectivity index (χ0v) is 18.6. The predicted molar refractivity (Wildman–Crippen MR) is 117 cm³/mol. The van der Waals surface area contributed by atoms with Crippen molar-refractivity contribution in [3.63, 3.8) is 0 Å². The molecule has 0 amide bonds. The van der Waals surface area contributed by atoms with Crippen molar-refractivity contribution in [1.29, 1.82) is 0 Å². The molecule has 2 saturated carbocycles. The van der Waals surface area contributed by atoms with Gasteiger partial charge in [0.2, 0.25) is 0 Å². The van der Waals surface area contributed by atoms with Crippen LogP contribution in [0.4, 0.5) is 0 Å². The van der Waals surface area contributed by atoms with Crippen molar-refractivity contribution in [1.82, 2.24) is 0 Å². The molecule has 2 fully saturated rings. The summed E-state index contributed by atoms with van der Waals surface area (Å²) in [5.41, 5.74) is 2.40. The maximum Gasteiger partial charge on any atom is 0.0407 e. The Balaban J connectivity index is 1.51. The summed E-state index contributed by atoms with van der Waals surface area (Å²) in [6.45, 7) is 13.6. The standard InChI is InChI=1S/C26H43N/c1-18(2)8-6-9-19(3)21-11-12-22-20-10-13-24-26(5,15-7-17-27-24)23(20)14-16-25(21,22)4/h10,13,18-23H,6-9,11-12,14-17H2,1-5H3/t19-,20+,21-,22+,23+,25-,26-/m1/s1. The number of hydrogen-bond acceptors (Lipinski definition) is 1. The molecular formula is C26H43N. The van der Waals surface area contributed by atoms with Gasteiger partial charge in [-0.15, -0.1) is 0 Å². The number of fused-ring (bicyclic) bond motifs is 5. The van der Waals surface area contributed by atoms with E-state index in [-0.39, 0.29) is 0 Å². The van der Waals surface area contributed by atoms with Crippen LogP contribution in [-0.4, -0.2) is 12.3 Å². The number of rotatable bonds is 5. The molecule has 7 atom stereocenters. The second-order valence-corrected chi connectivity index (χ2v) is 11.5. The fraction of sp³-hybridized carbons (Fsp3) is 0.885. The molecule has 27 heavy (non-hydrogen) atoms. The molecule has 0 spiro atoms. The van der Waals surface area contributed by atoms with E-state index in [4.69, 9.17) is 4.99 Å². The summed E-state index contributed by atoms with van der Waals surface area (Å²) in [6.07, 6.45) is 17.9. The maximum absolute atomic E-state index is 4.94. The lowest BCUT2D eigenvalue weighted by molar-refractivity contribution is -0.0175. The summed E-state index contributed by atoms with van der Waals surface area (Å²) in [7, 11) is 0.